The summed E-state index contributed by atoms with van der Waals surface area (Å²) < 4.78 is 25.1. The third-order valence-electron chi connectivity index (χ3n) is 3.30. The Hall–Kier alpha value is -2.71. The van der Waals surface area contributed by atoms with E-state index in [9.17, 15) is 8.42 Å². The van der Waals surface area contributed by atoms with E-state index in [1.54, 1.807) is 12.5 Å². The van der Waals surface area contributed by atoms with Crippen molar-refractivity contribution in [3.05, 3.63) is 66.9 Å². The Morgan fingerprint density at radius 1 is 1.13 bits per heavy atom. The SMILES string of the molecule is NS(=O)(=O)c1cccnc1NCc1ccccc1-n1ccnc1. The van der Waals surface area contributed by atoms with Crippen LogP contribution in [0.1, 0.15) is 5.56 Å². The number of aromatic nitrogens is 3. The lowest BCUT2D eigenvalue weighted by atomic mass is 10.1. The van der Waals surface area contributed by atoms with Crippen LogP contribution in [0.15, 0.2) is 66.2 Å². The Kier molecular flexibility index (Phi) is 4.09. The van der Waals surface area contributed by atoms with Crippen LogP contribution in [0.2, 0.25) is 0 Å². The largest absolute Gasteiger partial charge is 0.365 e. The van der Waals surface area contributed by atoms with E-state index in [0.717, 1.165) is 11.3 Å². The van der Waals surface area contributed by atoms with Gasteiger partial charge in [-0.15, -0.1) is 0 Å². The number of imidazole rings is 1. The highest BCUT2D eigenvalue weighted by Crippen LogP contribution is 2.19. The van der Waals surface area contributed by atoms with Gasteiger partial charge in [-0.25, -0.2) is 23.5 Å². The zero-order valence-electron chi connectivity index (χ0n) is 12.1. The highest BCUT2D eigenvalue weighted by molar-refractivity contribution is 7.89. The van der Waals surface area contributed by atoms with E-state index in [-0.39, 0.29) is 10.7 Å². The molecule has 118 valence electrons. The number of nitrogens with one attached hydrogen (secondary N) is 1. The maximum atomic E-state index is 11.6. The van der Waals surface area contributed by atoms with Gasteiger partial charge in [-0.05, 0) is 23.8 Å². The van der Waals surface area contributed by atoms with Gasteiger partial charge in [-0.2, -0.15) is 0 Å². The summed E-state index contributed by atoms with van der Waals surface area (Å²) in [4.78, 5) is 8.07. The number of hydrogen-bond donors (Lipinski definition) is 2. The predicted molar refractivity (Wildman–Crippen MR) is 86.5 cm³/mol. The summed E-state index contributed by atoms with van der Waals surface area (Å²) in [5, 5.41) is 8.25. The molecule has 0 spiro atoms. The summed E-state index contributed by atoms with van der Waals surface area (Å²) in [6, 6.07) is 10.7. The number of para-hydroxylation sites is 1. The molecule has 0 unspecified atom stereocenters. The van der Waals surface area contributed by atoms with Crippen LogP contribution in [-0.2, 0) is 16.6 Å². The van der Waals surface area contributed by atoms with Crippen molar-refractivity contribution in [2.75, 3.05) is 5.32 Å². The van der Waals surface area contributed by atoms with Crippen molar-refractivity contribution in [2.45, 2.75) is 11.4 Å². The highest BCUT2D eigenvalue weighted by atomic mass is 32.2. The molecule has 1 aromatic carbocycles. The lowest BCUT2D eigenvalue weighted by Crippen LogP contribution is -2.16. The number of nitrogens with two attached hydrogens (primary N) is 1. The van der Waals surface area contributed by atoms with E-state index >= 15 is 0 Å². The molecule has 0 aliphatic rings. The number of sulfonamides is 1. The zero-order chi connectivity index (χ0) is 16.3. The maximum Gasteiger partial charge on any atom is 0.241 e. The Labute approximate surface area is 133 Å². The Morgan fingerprint density at radius 2 is 1.96 bits per heavy atom. The minimum absolute atomic E-state index is 0.0277. The first kappa shape index (κ1) is 15.2. The van der Waals surface area contributed by atoms with Crippen LogP contribution in [0.3, 0.4) is 0 Å². The summed E-state index contributed by atoms with van der Waals surface area (Å²) in [7, 11) is -3.83. The lowest BCUT2D eigenvalue weighted by Gasteiger charge is -2.13. The number of pyridine rings is 1. The van der Waals surface area contributed by atoms with Crippen molar-refractivity contribution in [3.8, 4) is 5.69 Å². The molecule has 0 amide bonds. The minimum Gasteiger partial charge on any atom is -0.365 e. The average molecular weight is 329 g/mol. The normalized spacial score (nSPS) is 11.3. The predicted octanol–water partition coefficient (Wildman–Crippen LogP) is 1.53. The summed E-state index contributed by atoms with van der Waals surface area (Å²) in [5.41, 5.74) is 1.92. The third-order valence-corrected chi connectivity index (χ3v) is 4.24. The van der Waals surface area contributed by atoms with Gasteiger partial charge in [0.1, 0.15) is 10.7 Å². The first-order valence-electron chi connectivity index (χ1n) is 6.83. The van der Waals surface area contributed by atoms with E-state index < -0.39 is 10.0 Å². The van der Waals surface area contributed by atoms with Crippen molar-refractivity contribution in [2.24, 2.45) is 5.14 Å². The smallest absolute Gasteiger partial charge is 0.241 e. The van der Waals surface area contributed by atoms with Gasteiger partial charge in [-0.3, -0.25) is 0 Å². The van der Waals surface area contributed by atoms with Crippen LogP contribution in [0.4, 0.5) is 5.82 Å². The van der Waals surface area contributed by atoms with Gasteiger partial charge in [0, 0.05) is 25.1 Å². The third kappa shape index (κ3) is 3.38. The number of nitrogens with zero attached hydrogens (tertiary/aromatic N) is 3. The molecule has 2 heterocycles. The molecule has 3 rings (SSSR count). The van der Waals surface area contributed by atoms with Gasteiger partial charge >= 0.3 is 0 Å². The second kappa shape index (κ2) is 6.19. The van der Waals surface area contributed by atoms with Crippen molar-refractivity contribution >= 4 is 15.8 Å². The number of benzene rings is 1. The molecule has 0 saturated heterocycles. The summed E-state index contributed by atoms with van der Waals surface area (Å²) in [5.74, 6) is 0.232. The molecule has 0 aliphatic heterocycles. The molecule has 2 aromatic heterocycles. The molecule has 0 aliphatic carbocycles. The van der Waals surface area contributed by atoms with Crippen molar-refractivity contribution in [3.63, 3.8) is 0 Å². The van der Waals surface area contributed by atoms with Crippen LogP contribution in [0.5, 0.6) is 0 Å². The minimum atomic E-state index is -3.83. The monoisotopic (exact) mass is 329 g/mol. The van der Waals surface area contributed by atoms with Gasteiger partial charge in [0.25, 0.3) is 0 Å². The van der Waals surface area contributed by atoms with Gasteiger partial charge < -0.3 is 9.88 Å². The van der Waals surface area contributed by atoms with E-state index in [4.69, 9.17) is 5.14 Å². The van der Waals surface area contributed by atoms with Gasteiger partial charge in [0.2, 0.25) is 10.0 Å². The number of primary sulfonamides is 1. The van der Waals surface area contributed by atoms with Crippen molar-refractivity contribution in [1.82, 2.24) is 14.5 Å². The fourth-order valence-corrected chi connectivity index (χ4v) is 2.91. The van der Waals surface area contributed by atoms with Crippen molar-refractivity contribution < 1.29 is 8.42 Å². The standard InChI is InChI=1S/C15H15N5O2S/c16-23(21,22)14-6-3-7-18-15(14)19-10-12-4-1-2-5-13(12)20-9-8-17-11-20/h1-9,11H,10H2,(H,18,19)(H2,16,21,22). The first-order valence-corrected chi connectivity index (χ1v) is 8.38. The van der Waals surface area contributed by atoms with Crippen LogP contribution in [0.25, 0.3) is 5.69 Å². The van der Waals surface area contributed by atoms with Crippen LogP contribution in [0, 0.1) is 0 Å². The van der Waals surface area contributed by atoms with Gasteiger partial charge in [0.15, 0.2) is 0 Å². The number of anilines is 1. The quantitative estimate of drug-likeness (QED) is 0.739. The molecular formula is C15H15N5O2S. The average Bonchev–Trinajstić information content (AvgIpc) is 3.07. The van der Waals surface area contributed by atoms with E-state index in [2.05, 4.69) is 15.3 Å². The fourth-order valence-electron chi connectivity index (χ4n) is 2.25. The number of rotatable bonds is 5. The molecule has 0 saturated carbocycles. The molecule has 3 N–H and O–H groups in total. The molecule has 0 atom stereocenters. The Morgan fingerprint density at radius 3 is 2.70 bits per heavy atom. The molecule has 0 fully saturated rings. The fraction of sp³-hybridized carbons (Fsp3) is 0.0667. The van der Waals surface area contributed by atoms with E-state index in [0.29, 0.717) is 6.54 Å². The lowest BCUT2D eigenvalue weighted by molar-refractivity contribution is 0.597. The molecule has 8 heteroatoms. The summed E-state index contributed by atoms with van der Waals surface area (Å²) in [6.07, 6.45) is 6.76. The molecule has 7 nitrogen and oxygen atoms in total. The van der Waals surface area contributed by atoms with Gasteiger partial charge in [-0.1, -0.05) is 18.2 Å². The molecule has 3 aromatic rings. The van der Waals surface area contributed by atoms with E-state index in [1.165, 1.54) is 18.3 Å². The second-order valence-corrected chi connectivity index (χ2v) is 6.38. The molecular weight excluding hydrogens is 314 g/mol. The van der Waals surface area contributed by atoms with Crippen LogP contribution in [-0.4, -0.2) is 23.0 Å². The molecule has 0 radical (unpaired) electrons. The number of hydrogen-bond acceptors (Lipinski definition) is 5. The Balaban J connectivity index is 1.89. The molecule has 0 bridgehead atoms. The second-order valence-electron chi connectivity index (χ2n) is 4.85. The van der Waals surface area contributed by atoms with E-state index in [1.807, 2.05) is 35.0 Å². The topological polar surface area (TPSA) is 103 Å². The summed E-state index contributed by atoms with van der Waals surface area (Å²) in [6.45, 7) is 0.397. The van der Waals surface area contributed by atoms with Crippen LogP contribution < -0.4 is 10.5 Å². The first-order chi connectivity index (χ1) is 11.1. The molecule has 23 heavy (non-hydrogen) atoms. The van der Waals surface area contributed by atoms with Crippen molar-refractivity contribution in [1.29, 1.82) is 0 Å². The summed E-state index contributed by atoms with van der Waals surface area (Å²) >= 11 is 0. The highest BCUT2D eigenvalue weighted by Gasteiger charge is 2.14. The van der Waals surface area contributed by atoms with Gasteiger partial charge in [0.05, 0.1) is 12.0 Å². The van der Waals surface area contributed by atoms with Crippen LogP contribution >= 0.6 is 0 Å². The maximum absolute atomic E-state index is 11.6. The zero-order valence-corrected chi connectivity index (χ0v) is 12.9. The Bertz CT molecular complexity index is 907.